The molecule has 2 aromatic rings. The van der Waals surface area contributed by atoms with E-state index in [1.807, 2.05) is 73.6 Å². The first kappa shape index (κ1) is 15.6. The van der Waals surface area contributed by atoms with Crippen molar-refractivity contribution in [2.75, 3.05) is 24.3 Å². The lowest BCUT2D eigenvalue weighted by atomic mass is 10.2. The van der Waals surface area contributed by atoms with Gasteiger partial charge in [-0.3, -0.25) is 4.79 Å². The summed E-state index contributed by atoms with van der Waals surface area (Å²) in [7, 11) is 4.00. The van der Waals surface area contributed by atoms with Gasteiger partial charge in [0.1, 0.15) is 0 Å². The molecule has 1 amide bonds. The molecule has 2 aromatic carbocycles. The Hall–Kier alpha value is -1.82. The third kappa shape index (κ3) is 4.60. The number of nitrogens with zero attached hydrogens (tertiary/aromatic N) is 1. The van der Waals surface area contributed by atoms with Crippen molar-refractivity contribution in [2.45, 2.75) is 0 Å². The van der Waals surface area contributed by atoms with Gasteiger partial charge in [-0.1, -0.05) is 24.3 Å². The molecule has 0 saturated heterocycles. The highest BCUT2D eigenvalue weighted by molar-refractivity contribution is 14.1. The molecule has 0 fully saturated rings. The number of halogens is 1. The van der Waals surface area contributed by atoms with E-state index in [4.69, 9.17) is 0 Å². The van der Waals surface area contributed by atoms with E-state index in [1.54, 1.807) is 6.08 Å². The highest BCUT2D eigenvalue weighted by atomic mass is 127. The number of nitrogens with one attached hydrogen (secondary N) is 1. The van der Waals surface area contributed by atoms with Gasteiger partial charge in [-0.2, -0.15) is 0 Å². The number of rotatable bonds is 4. The Morgan fingerprint density at radius 3 is 2.38 bits per heavy atom. The van der Waals surface area contributed by atoms with Crippen LogP contribution in [0.15, 0.2) is 54.6 Å². The zero-order valence-electron chi connectivity index (χ0n) is 12.0. The van der Waals surface area contributed by atoms with Crippen LogP contribution in [0.25, 0.3) is 6.08 Å². The molecule has 108 valence electrons. The van der Waals surface area contributed by atoms with Gasteiger partial charge in [0, 0.05) is 29.4 Å². The van der Waals surface area contributed by atoms with Crippen LogP contribution < -0.4 is 10.2 Å². The van der Waals surface area contributed by atoms with Crippen LogP contribution in [-0.4, -0.2) is 20.0 Å². The molecule has 0 bridgehead atoms. The first-order valence-electron chi connectivity index (χ1n) is 6.57. The van der Waals surface area contributed by atoms with E-state index >= 15 is 0 Å². The number of hydrogen-bond acceptors (Lipinski definition) is 2. The number of carbonyl (C=O) groups is 1. The minimum absolute atomic E-state index is 0.129. The summed E-state index contributed by atoms with van der Waals surface area (Å²) in [5.74, 6) is -0.129. The van der Waals surface area contributed by atoms with Gasteiger partial charge in [-0.15, -0.1) is 0 Å². The normalized spacial score (nSPS) is 10.6. The fourth-order valence-electron chi connectivity index (χ4n) is 1.79. The van der Waals surface area contributed by atoms with Crippen LogP contribution in [0.1, 0.15) is 5.56 Å². The van der Waals surface area contributed by atoms with Crippen LogP contribution in [-0.2, 0) is 4.79 Å². The fourth-order valence-corrected chi connectivity index (χ4v) is 2.31. The number of para-hydroxylation sites is 1. The van der Waals surface area contributed by atoms with Crippen LogP contribution in [0.4, 0.5) is 11.4 Å². The summed E-state index contributed by atoms with van der Waals surface area (Å²) in [6.45, 7) is 0. The third-order valence-electron chi connectivity index (χ3n) is 2.97. The summed E-state index contributed by atoms with van der Waals surface area (Å²) in [4.78, 5) is 13.9. The molecule has 0 saturated carbocycles. The van der Waals surface area contributed by atoms with Gasteiger partial charge in [0.15, 0.2) is 0 Å². The molecular weight excluding hydrogens is 375 g/mol. The highest BCUT2D eigenvalue weighted by Gasteiger charge is 2.01. The van der Waals surface area contributed by atoms with Crippen LogP contribution in [0.2, 0.25) is 0 Å². The third-order valence-corrected chi connectivity index (χ3v) is 3.91. The van der Waals surface area contributed by atoms with Gasteiger partial charge in [0.2, 0.25) is 5.91 Å². The van der Waals surface area contributed by atoms with E-state index in [0.29, 0.717) is 0 Å². The molecule has 3 nitrogen and oxygen atoms in total. The van der Waals surface area contributed by atoms with Crippen LogP contribution in [0, 0.1) is 3.57 Å². The molecule has 0 radical (unpaired) electrons. The lowest BCUT2D eigenvalue weighted by Gasteiger charge is -2.11. The van der Waals surface area contributed by atoms with Crippen molar-refractivity contribution in [1.82, 2.24) is 0 Å². The van der Waals surface area contributed by atoms with Crippen LogP contribution in [0.3, 0.4) is 0 Å². The second-order valence-corrected chi connectivity index (χ2v) is 5.95. The van der Waals surface area contributed by atoms with Gasteiger partial charge in [-0.05, 0) is 58.5 Å². The van der Waals surface area contributed by atoms with E-state index in [-0.39, 0.29) is 5.91 Å². The maximum absolute atomic E-state index is 11.9. The lowest BCUT2D eigenvalue weighted by molar-refractivity contribution is -0.111. The quantitative estimate of drug-likeness (QED) is 0.630. The van der Waals surface area contributed by atoms with Gasteiger partial charge < -0.3 is 10.2 Å². The summed E-state index contributed by atoms with van der Waals surface area (Å²) in [5.41, 5.74) is 2.96. The molecule has 0 atom stereocenters. The molecule has 4 heteroatoms. The summed E-state index contributed by atoms with van der Waals surface area (Å²) in [6.07, 6.45) is 3.36. The van der Waals surface area contributed by atoms with E-state index < -0.39 is 0 Å². The number of amides is 1. The molecule has 1 N–H and O–H groups in total. The van der Waals surface area contributed by atoms with E-state index in [2.05, 4.69) is 27.9 Å². The molecule has 0 unspecified atom stereocenters. The van der Waals surface area contributed by atoms with Gasteiger partial charge in [0.05, 0.1) is 5.69 Å². The smallest absolute Gasteiger partial charge is 0.248 e. The zero-order chi connectivity index (χ0) is 15.2. The molecule has 0 aliphatic carbocycles. The predicted molar refractivity (Wildman–Crippen MR) is 97.6 cm³/mol. The Labute approximate surface area is 138 Å². The second-order valence-electron chi connectivity index (χ2n) is 4.79. The van der Waals surface area contributed by atoms with Gasteiger partial charge in [-0.25, -0.2) is 0 Å². The number of hydrogen-bond donors (Lipinski definition) is 1. The number of carbonyl (C=O) groups excluding carboxylic acids is 1. The molecule has 2 rings (SSSR count). The van der Waals surface area contributed by atoms with E-state index in [9.17, 15) is 4.79 Å². The monoisotopic (exact) mass is 392 g/mol. The molecule has 21 heavy (non-hydrogen) atoms. The summed E-state index contributed by atoms with van der Waals surface area (Å²) < 4.78 is 1.02. The van der Waals surface area contributed by atoms with E-state index in [1.165, 1.54) is 0 Å². The molecule has 0 aliphatic heterocycles. The molecule has 0 aromatic heterocycles. The topological polar surface area (TPSA) is 32.3 Å². The first-order chi connectivity index (χ1) is 10.1. The number of benzene rings is 2. The summed E-state index contributed by atoms with van der Waals surface area (Å²) in [5, 5.41) is 2.87. The van der Waals surface area contributed by atoms with Crippen LogP contribution in [0.5, 0.6) is 0 Å². The Kier molecular flexibility index (Phi) is 5.38. The van der Waals surface area contributed by atoms with Crippen molar-refractivity contribution in [3.05, 3.63) is 63.7 Å². The zero-order valence-corrected chi connectivity index (χ0v) is 14.2. The second kappa shape index (κ2) is 7.26. The minimum Gasteiger partial charge on any atom is -0.378 e. The summed E-state index contributed by atoms with van der Waals surface area (Å²) >= 11 is 2.20. The Morgan fingerprint density at radius 2 is 1.76 bits per heavy atom. The lowest BCUT2D eigenvalue weighted by Crippen LogP contribution is -2.09. The Bertz CT molecular complexity index is 648. The summed E-state index contributed by atoms with van der Waals surface area (Å²) in [6, 6.07) is 15.7. The maximum Gasteiger partial charge on any atom is 0.248 e. The fraction of sp³-hybridized carbons (Fsp3) is 0.118. The average molecular weight is 392 g/mol. The van der Waals surface area contributed by atoms with Crippen molar-refractivity contribution in [3.63, 3.8) is 0 Å². The molecule has 0 spiro atoms. The number of anilines is 2. The molecule has 0 aliphatic rings. The van der Waals surface area contributed by atoms with Crippen molar-refractivity contribution < 1.29 is 4.79 Å². The molecule has 0 heterocycles. The Morgan fingerprint density at radius 1 is 1.10 bits per heavy atom. The predicted octanol–water partition coefficient (Wildman–Crippen LogP) is 4.01. The largest absolute Gasteiger partial charge is 0.378 e. The van der Waals surface area contributed by atoms with Gasteiger partial charge >= 0.3 is 0 Å². The van der Waals surface area contributed by atoms with Crippen molar-refractivity contribution >= 4 is 45.9 Å². The SMILES string of the molecule is CN(C)c1ccc(/C=C/C(=O)Nc2ccccc2I)cc1. The van der Waals surface area contributed by atoms with Crippen molar-refractivity contribution in [2.24, 2.45) is 0 Å². The minimum atomic E-state index is -0.129. The molecular formula is C17H17IN2O. The van der Waals surface area contributed by atoms with Crippen molar-refractivity contribution in [1.29, 1.82) is 0 Å². The average Bonchev–Trinajstić information content (AvgIpc) is 2.48. The standard InChI is InChI=1S/C17H17IN2O/c1-20(2)14-10-7-13(8-11-14)9-12-17(21)19-16-6-4-3-5-15(16)18/h3-12H,1-2H3,(H,19,21)/b12-9+. The van der Waals surface area contributed by atoms with Crippen LogP contribution >= 0.6 is 22.6 Å². The first-order valence-corrected chi connectivity index (χ1v) is 7.65. The van der Waals surface area contributed by atoms with Gasteiger partial charge in [0.25, 0.3) is 0 Å². The van der Waals surface area contributed by atoms with E-state index in [0.717, 1.165) is 20.5 Å². The highest BCUT2D eigenvalue weighted by Crippen LogP contribution is 2.17. The van der Waals surface area contributed by atoms with Crippen molar-refractivity contribution in [3.8, 4) is 0 Å². The Balaban J connectivity index is 2.00. The maximum atomic E-state index is 11.9.